The summed E-state index contributed by atoms with van der Waals surface area (Å²) in [6.45, 7) is 6.72. The molecule has 0 atom stereocenters. The van der Waals surface area contributed by atoms with Gasteiger partial charge in [-0.3, -0.25) is 0 Å². The molecule has 2 heteroatoms. The lowest BCUT2D eigenvalue weighted by molar-refractivity contribution is 0.0271. The van der Waals surface area contributed by atoms with Crippen molar-refractivity contribution >= 4 is 0 Å². The second-order valence-electron chi connectivity index (χ2n) is 4.11. The lowest BCUT2D eigenvalue weighted by atomic mass is 9.94. The molecule has 0 aromatic carbocycles. The second kappa shape index (κ2) is 5.40. The predicted octanol–water partition coefficient (Wildman–Crippen LogP) is 2.24. The van der Waals surface area contributed by atoms with Gasteiger partial charge in [0.25, 0.3) is 0 Å². The van der Waals surface area contributed by atoms with Crippen LogP contribution in [0.1, 0.15) is 39.0 Å². The van der Waals surface area contributed by atoms with Crippen molar-refractivity contribution in [3.8, 4) is 0 Å². The van der Waals surface area contributed by atoms with Crippen LogP contribution < -0.4 is 5.73 Å². The summed E-state index contributed by atoms with van der Waals surface area (Å²) in [4.78, 5) is 0. The molecule has 2 nitrogen and oxygen atoms in total. The third kappa shape index (κ3) is 4.44. The number of rotatable bonds is 4. The Hall–Kier alpha value is -0.340. The molecule has 1 aliphatic rings. The van der Waals surface area contributed by atoms with E-state index < -0.39 is 0 Å². The molecule has 0 bridgehead atoms. The van der Waals surface area contributed by atoms with Crippen LogP contribution in [-0.2, 0) is 4.74 Å². The zero-order valence-electron chi connectivity index (χ0n) is 8.59. The first kappa shape index (κ1) is 10.7. The molecule has 0 heterocycles. The van der Waals surface area contributed by atoms with Crippen molar-refractivity contribution < 1.29 is 4.74 Å². The van der Waals surface area contributed by atoms with E-state index in [1.165, 1.54) is 5.57 Å². The Balaban J connectivity index is 2.05. The van der Waals surface area contributed by atoms with Gasteiger partial charge in [0.05, 0.1) is 12.7 Å². The summed E-state index contributed by atoms with van der Waals surface area (Å²) in [5.74, 6) is 0. The maximum Gasteiger partial charge on any atom is 0.0576 e. The predicted molar refractivity (Wildman–Crippen MR) is 55.6 cm³/mol. The van der Waals surface area contributed by atoms with E-state index in [9.17, 15) is 0 Å². The van der Waals surface area contributed by atoms with Crippen LogP contribution in [0.3, 0.4) is 0 Å². The highest BCUT2D eigenvalue weighted by atomic mass is 16.5. The molecule has 1 saturated carbocycles. The first-order valence-electron chi connectivity index (χ1n) is 5.20. The summed E-state index contributed by atoms with van der Waals surface area (Å²) < 4.78 is 5.73. The first-order chi connectivity index (χ1) is 6.18. The molecule has 0 unspecified atom stereocenters. The summed E-state index contributed by atoms with van der Waals surface area (Å²) in [7, 11) is 0. The van der Waals surface area contributed by atoms with Crippen LogP contribution in [0.15, 0.2) is 12.2 Å². The van der Waals surface area contributed by atoms with Crippen molar-refractivity contribution in [2.24, 2.45) is 5.73 Å². The van der Waals surface area contributed by atoms with Crippen LogP contribution in [0, 0.1) is 0 Å². The molecule has 0 radical (unpaired) electrons. The molecular formula is C11H21NO. The maximum absolute atomic E-state index is 5.80. The number of hydrogen-bond donors (Lipinski definition) is 1. The van der Waals surface area contributed by atoms with Crippen LogP contribution in [0.25, 0.3) is 0 Å². The van der Waals surface area contributed by atoms with Crippen LogP contribution >= 0.6 is 0 Å². The van der Waals surface area contributed by atoms with Gasteiger partial charge in [0, 0.05) is 6.04 Å². The minimum absolute atomic E-state index is 0.418. The van der Waals surface area contributed by atoms with Gasteiger partial charge in [-0.1, -0.05) is 5.57 Å². The molecule has 1 fully saturated rings. The number of ether oxygens (including phenoxy) is 1. The van der Waals surface area contributed by atoms with Gasteiger partial charge < -0.3 is 10.5 Å². The van der Waals surface area contributed by atoms with Gasteiger partial charge in [-0.25, -0.2) is 0 Å². The minimum atomic E-state index is 0.418. The minimum Gasteiger partial charge on any atom is -0.378 e. The van der Waals surface area contributed by atoms with Gasteiger partial charge in [0.2, 0.25) is 0 Å². The SMILES string of the molecule is C=C(C)CCOC1CCC(N)CC1. The van der Waals surface area contributed by atoms with Crippen molar-refractivity contribution in [1.29, 1.82) is 0 Å². The highest BCUT2D eigenvalue weighted by Gasteiger charge is 2.18. The smallest absolute Gasteiger partial charge is 0.0576 e. The van der Waals surface area contributed by atoms with Crippen molar-refractivity contribution in [2.45, 2.75) is 51.2 Å². The van der Waals surface area contributed by atoms with Crippen LogP contribution in [0.2, 0.25) is 0 Å². The molecule has 0 aliphatic heterocycles. The first-order valence-corrected chi connectivity index (χ1v) is 5.20. The lowest BCUT2D eigenvalue weighted by Gasteiger charge is -2.26. The van der Waals surface area contributed by atoms with E-state index in [0.717, 1.165) is 38.7 Å². The number of hydrogen-bond acceptors (Lipinski definition) is 2. The Morgan fingerprint density at radius 1 is 1.38 bits per heavy atom. The molecular weight excluding hydrogens is 162 g/mol. The number of nitrogens with two attached hydrogens (primary N) is 1. The van der Waals surface area contributed by atoms with Gasteiger partial charge in [0.15, 0.2) is 0 Å². The monoisotopic (exact) mass is 183 g/mol. The van der Waals surface area contributed by atoms with Gasteiger partial charge in [0.1, 0.15) is 0 Å². The van der Waals surface area contributed by atoms with Crippen molar-refractivity contribution in [3.05, 3.63) is 12.2 Å². The van der Waals surface area contributed by atoms with E-state index in [0.29, 0.717) is 12.1 Å². The molecule has 0 aromatic heterocycles. The van der Waals surface area contributed by atoms with Gasteiger partial charge in [-0.2, -0.15) is 0 Å². The summed E-state index contributed by atoms with van der Waals surface area (Å²) in [5, 5.41) is 0. The average Bonchev–Trinajstić information content (AvgIpc) is 2.08. The Bertz CT molecular complexity index is 159. The van der Waals surface area contributed by atoms with Crippen molar-refractivity contribution in [3.63, 3.8) is 0 Å². The summed E-state index contributed by atoms with van der Waals surface area (Å²) >= 11 is 0. The fourth-order valence-corrected chi connectivity index (χ4v) is 1.66. The molecule has 1 aliphatic carbocycles. The second-order valence-corrected chi connectivity index (χ2v) is 4.11. The van der Waals surface area contributed by atoms with E-state index >= 15 is 0 Å². The molecule has 0 aromatic rings. The fraction of sp³-hybridized carbons (Fsp3) is 0.818. The Morgan fingerprint density at radius 2 is 2.00 bits per heavy atom. The zero-order chi connectivity index (χ0) is 9.68. The summed E-state index contributed by atoms with van der Waals surface area (Å²) in [6, 6.07) is 0.418. The Kier molecular flexibility index (Phi) is 4.46. The van der Waals surface area contributed by atoms with E-state index in [4.69, 9.17) is 10.5 Å². The largest absolute Gasteiger partial charge is 0.378 e. The third-order valence-electron chi connectivity index (χ3n) is 2.60. The van der Waals surface area contributed by atoms with Crippen LogP contribution in [0.4, 0.5) is 0 Å². The maximum atomic E-state index is 5.80. The van der Waals surface area contributed by atoms with Crippen LogP contribution in [-0.4, -0.2) is 18.8 Å². The molecule has 2 N–H and O–H groups in total. The topological polar surface area (TPSA) is 35.2 Å². The van der Waals surface area contributed by atoms with Crippen molar-refractivity contribution in [1.82, 2.24) is 0 Å². The summed E-state index contributed by atoms with van der Waals surface area (Å²) in [5.41, 5.74) is 7.01. The summed E-state index contributed by atoms with van der Waals surface area (Å²) in [6.07, 6.45) is 5.96. The third-order valence-corrected chi connectivity index (χ3v) is 2.60. The molecule has 0 amide bonds. The molecule has 1 rings (SSSR count). The Labute approximate surface area is 81.1 Å². The Morgan fingerprint density at radius 3 is 2.54 bits per heavy atom. The normalized spacial score (nSPS) is 28.8. The average molecular weight is 183 g/mol. The highest BCUT2D eigenvalue weighted by molar-refractivity contribution is 4.87. The van der Waals surface area contributed by atoms with E-state index in [2.05, 4.69) is 6.58 Å². The van der Waals surface area contributed by atoms with E-state index in [1.54, 1.807) is 0 Å². The zero-order valence-corrected chi connectivity index (χ0v) is 8.59. The van der Waals surface area contributed by atoms with E-state index in [-0.39, 0.29) is 0 Å². The fourth-order valence-electron chi connectivity index (χ4n) is 1.66. The molecule has 0 saturated heterocycles. The quantitative estimate of drug-likeness (QED) is 0.678. The van der Waals surface area contributed by atoms with E-state index in [1.807, 2.05) is 6.92 Å². The highest BCUT2D eigenvalue weighted by Crippen LogP contribution is 2.20. The molecule has 76 valence electrons. The van der Waals surface area contributed by atoms with Gasteiger partial charge >= 0.3 is 0 Å². The van der Waals surface area contributed by atoms with Crippen molar-refractivity contribution in [2.75, 3.05) is 6.61 Å². The van der Waals surface area contributed by atoms with Crippen LogP contribution in [0.5, 0.6) is 0 Å². The lowest BCUT2D eigenvalue weighted by Crippen LogP contribution is -2.30. The molecule has 13 heavy (non-hydrogen) atoms. The molecule has 0 spiro atoms. The van der Waals surface area contributed by atoms with Gasteiger partial charge in [-0.15, -0.1) is 6.58 Å². The standard InChI is InChI=1S/C11H21NO/c1-9(2)7-8-13-11-5-3-10(12)4-6-11/h10-11H,1,3-8,12H2,2H3. The van der Waals surface area contributed by atoms with Gasteiger partial charge in [-0.05, 0) is 39.0 Å².